The van der Waals surface area contributed by atoms with Crippen LogP contribution in [-0.2, 0) is 21.4 Å². The highest BCUT2D eigenvalue weighted by molar-refractivity contribution is 7.89. The van der Waals surface area contributed by atoms with Gasteiger partial charge in [-0.15, -0.1) is 0 Å². The van der Waals surface area contributed by atoms with Gasteiger partial charge in [-0.2, -0.15) is 9.29 Å². The van der Waals surface area contributed by atoms with E-state index in [0.717, 1.165) is 5.56 Å². The smallest absolute Gasteiger partial charge is 0.246 e. The molecule has 1 saturated heterocycles. The number of benzene rings is 2. The number of amides is 1. The average Bonchev–Trinajstić information content (AvgIpc) is 3.28. The van der Waals surface area contributed by atoms with Gasteiger partial charge >= 0.3 is 0 Å². The Morgan fingerprint density at radius 2 is 1.91 bits per heavy atom. The molecular formula is C22H23ClN4O4S. The summed E-state index contributed by atoms with van der Waals surface area (Å²) < 4.78 is 32.6. The van der Waals surface area contributed by atoms with Gasteiger partial charge in [0, 0.05) is 30.7 Å². The second-order valence-electron chi connectivity index (χ2n) is 7.73. The molecule has 0 aliphatic carbocycles. The van der Waals surface area contributed by atoms with Crippen LogP contribution >= 0.6 is 11.6 Å². The molecule has 32 heavy (non-hydrogen) atoms. The molecule has 0 radical (unpaired) electrons. The number of piperidine rings is 1. The fraction of sp³-hybridized carbons (Fsp3) is 0.318. The molecule has 1 unspecified atom stereocenters. The highest BCUT2D eigenvalue weighted by atomic mass is 35.5. The van der Waals surface area contributed by atoms with E-state index in [0.29, 0.717) is 36.1 Å². The predicted octanol–water partition coefficient (Wildman–Crippen LogP) is 3.45. The van der Waals surface area contributed by atoms with E-state index in [1.807, 2.05) is 0 Å². The van der Waals surface area contributed by atoms with Crippen molar-refractivity contribution in [2.24, 2.45) is 5.92 Å². The Balaban J connectivity index is 1.41. The van der Waals surface area contributed by atoms with E-state index in [1.54, 1.807) is 61.6 Å². The topological polar surface area (TPSA) is 96.6 Å². The number of aromatic nitrogens is 2. The second kappa shape index (κ2) is 9.40. The highest BCUT2D eigenvalue weighted by Crippen LogP contribution is 2.25. The van der Waals surface area contributed by atoms with Gasteiger partial charge in [-0.05, 0) is 49.2 Å². The van der Waals surface area contributed by atoms with Crippen LogP contribution in [0.2, 0.25) is 5.02 Å². The van der Waals surface area contributed by atoms with Crippen LogP contribution in [0.3, 0.4) is 0 Å². The fourth-order valence-corrected chi connectivity index (χ4v) is 5.40. The summed E-state index contributed by atoms with van der Waals surface area (Å²) >= 11 is 5.91. The summed E-state index contributed by atoms with van der Waals surface area (Å²) in [5, 5.41) is 4.57. The van der Waals surface area contributed by atoms with E-state index >= 15 is 0 Å². The molecule has 1 aromatic heterocycles. The molecule has 0 bridgehead atoms. The first kappa shape index (κ1) is 22.4. The summed E-state index contributed by atoms with van der Waals surface area (Å²) in [5.74, 6) is 0.140. The number of hydrogen-bond acceptors (Lipinski definition) is 6. The molecule has 1 atom stereocenters. The molecule has 10 heteroatoms. The normalized spacial score (nSPS) is 17.2. The van der Waals surface area contributed by atoms with Crippen LogP contribution in [0.25, 0.3) is 11.4 Å². The van der Waals surface area contributed by atoms with Crippen LogP contribution in [-0.4, -0.2) is 53.8 Å². The lowest BCUT2D eigenvalue weighted by atomic mass is 9.98. The number of carbonyl (C=O) groups excluding carboxylic acids is 1. The van der Waals surface area contributed by atoms with E-state index in [9.17, 15) is 13.2 Å². The number of nitrogens with zero attached hydrogens (tertiary/aromatic N) is 4. The Kier molecular flexibility index (Phi) is 6.59. The third kappa shape index (κ3) is 4.85. The van der Waals surface area contributed by atoms with Gasteiger partial charge in [0.25, 0.3) is 0 Å². The Morgan fingerprint density at radius 3 is 2.62 bits per heavy atom. The van der Waals surface area contributed by atoms with Crippen molar-refractivity contribution in [1.29, 1.82) is 0 Å². The largest absolute Gasteiger partial charge is 0.337 e. The number of hydrogen-bond donors (Lipinski definition) is 0. The maximum atomic E-state index is 13.0. The van der Waals surface area contributed by atoms with E-state index in [1.165, 1.54) is 9.21 Å². The summed E-state index contributed by atoms with van der Waals surface area (Å²) in [6.45, 7) is 0.695. The maximum Gasteiger partial charge on any atom is 0.246 e. The molecule has 2 heterocycles. The van der Waals surface area contributed by atoms with Crippen LogP contribution in [0, 0.1) is 5.92 Å². The first-order valence-electron chi connectivity index (χ1n) is 10.2. The van der Waals surface area contributed by atoms with Gasteiger partial charge in [0.1, 0.15) is 0 Å². The van der Waals surface area contributed by atoms with Crippen molar-refractivity contribution in [2.45, 2.75) is 24.3 Å². The van der Waals surface area contributed by atoms with Crippen molar-refractivity contribution in [3.63, 3.8) is 0 Å². The van der Waals surface area contributed by atoms with E-state index in [2.05, 4.69) is 10.1 Å². The SMILES string of the molecule is CN(Cc1nc(-c2ccc(Cl)cc2)no1)C(=O)C1CCCN(S(=O)(=O)c2ccccc2)C1. The van der Waals surface area contributed by atoms with E-state index in [-0.39, 0.29) is 23.9 Å². The van der Waals surface area contributed by atoms with Crippen LogP contribution in [0.15, 0.2) is 64.0 Å². The van der Waals surface area contributed by atoms with Gasteiger partial charge in [0.2, 0.25) is 27.6 Å². The third-order valence-electron chi connectivity index (χ3n) is 5.43. The number of carbonyl (C=O) groups is 1. The van der Waals surface area contributed by atoms with Crippen molar-refractivity contribution in [3.8, 4) is 11.4 Å². The molecule has 2 aromatic carbocycles. The number of rotatable bonds is 6. The van der Waals surface area contributed by atoms with Crippen molar-refractivity contribution in [2.75, 3.05) is 20.1 Å². The molecule has 1 amide bonds. The first-order valence-corrected chi connectivity index (χ1v) is 12.0. The predicted molar refractivity (Wildman–Crippen MR) is 119 cm³/mol. The van der Waals surface area contributed by atoms with E-state index in [4.69, 9.17) is 16.1 Å². The standard InChI is InChI=1S/C22H23ClN4O4S/c1-26(15-20-24-21(25-31-20)16-9-11-18(23)12-10-16)22(28)17-6-5-13-27(14-17)32(29,30)19-7-3-2-4-8-19/h2-4,7-12,17H,5-6,13-15H2,1H3. The van der Waals surface area contributed by atoms with Crippen LogP contribution in [0.4, 0.5) is 0 Å². The molecule has 0 saturated carbocycles. The fourth-order valence-electron chi connectivity index (χ4n) is 3.73. The number of halogens is 1. The van der Waals surface area contributed by atoms with Gasteiger partial charge in [0.05, 0.1) is 17.4 Å². The molecule has 0 N–H and O–H groups in total. The average molecular weight is 475 g/mol. The van der Waals surface area contributed by atoms with Crippen LogP contribution in [0.5, 0.6) is 0 Å². The highest BCUT2D eigenvalue weighted by Gasteiger charge is 2.34. The van der Waals surface area contributed by atoms with Gasteiger partial charge < -0.3 is 9.42 Å². The maximum absolute atomic E-state index is 13.0. The van der Waals surface area contributed by atoms with Gasteiger partial charge in [-0.25, -0.2) is 8.42 Å². The monoisotopic (exact) mass is 474 g/mol. The van der Waals surface area contributed by atoms with Crippen LogP contribution in [0.1, 0.15) is 18.7 Å². The zero-order valence-corrected chi connectivity index (χ0v) is 19.1. The molecule has 3 aromatic rings. The molecular weight excluding hydrogens is 452 g/mol. The second-order valence-corrected chi connectivity index (χ2v) is 10.1. The van der Waals surface area contributed by atoms with Gasteiger partial charge in [0.15, 0.2) is 0 Å². The zero-order chi connectivity index (χ0) is 22.7. The van der Waals surface area contributed by atoms with Crippen LogP contribution < -0.4 is 0 Å². The zero-order valence-electron chi connectivity index (χ0n) is 17.5. The molecule has 1 aliphatic heterocycles. The molecule has 4 rings (SSSR count). The Bertz CT molecular complexity index is 1180. The number of sulfonamides is 1. The Morgan fingerprint density at radius 1 is 1.19 bits per heavy atom. The quantitative estimate of drug-likeness (QED) is 0.542. The van der Waals surface area contributed by atoms with Gasteiger partial charge in [-0.1, -0.05) is 35.0 Å². The lowest BCUT2D eigenvalue weighted by Gasteiger charge is -2.33. The summed E-state index contributed by atoms with van der Waals surface area (Å²) in [6.07, 6.45) is 1.25. The molecule has 1 fully saturated rings. The third-order valence-corrected chi connectivity index (χ3v) is 7.56. The lowest BCUT2D eigenvalue weighted by Crippen LogP contribution is -2.45. The molecule has 0 spiro atoms. The molecule has 1 aliphatic rings. The summed E-state index contributed by atoms with van der Waals surface area (Å²) in [7, 11) is -1.98. The van der Waals surface area contributed by atoms with Crippen molar-refractivity contribution in [1.82, 2.24) is 19.3 Å². The minimum absolute atomic E-state index is 0.140. The molecule has 168 valence electrons. The lowest BCUT2D eigenvalue weighted by molar-refractivity contribution is -0.136. The van der Waals surface area contributed by atoms with Crippen molar-refractivity contribution >= 4 is 27.5 Å². The van der Waals surface area contributed by atoms with Crippen molar-refractivity contribution < 1.29 is 17.7 Å². The summed E-state index contributed by atoms with van der Waals surface area (Å²) in [6, 6.07) is 15.3. The Labute approximate surface area is 191 Å². The first-order chi connectivity index (χ1) is 15.3. The summed E-state index contributed by atoms with van der Waals surface area (Å²) in [4.78, 5) is 19.1. The van der Waals surface area contributed by atoms with Crippen molar-refractivity contribution in [3.05, 3.63) is 65.5 Å². The summed E-state index contributed by atoms with van der Waals surface area (Å²) in [5.41, 5.74) is 0.757. The van der Waals surface area contributed by atoms with Gasteiger partial charge in [-0.3, -0.25) is 4.79 Å². The minimum Gasteiger partial charge on any atom is -0.337 e. The minimum atomic E-state index is -3.63. The molecule has 8 nitrogen and oxygen atoms in total. The Hall–Kier alpha value is -2.75. The van der Waals surface area contributed by atoms with E-state index < -0.39 is 15.9 Å².